The quantitative estimate of drug-likeness (QED) is 0.555. The molecule has 32 heavy (non-hydrogen) atoms. The van der Waals surface area contributed by atoms with Crippen LogP contribution in [0, 0.1) is 6.92 Å². The third-order valence-corrected chi connectivity index (χ3v) is 5.86. The number of benzene rings is 1. The molecule has 1 aliphatic rings. The molecule has 3 heterocycles. The molecule has 3 aromatic rings. The number of piperazine rings is 1. The zero-order valence-electron chi connectivity index (χ0n) is 19.2. The summed E-state index contributed by atoms with van der Waals surface area (Å²) in [5.41, 5.74) is 3.58. The molecule has 168 valence electrons. The molecular weight excluding hydrogens is 404 g/mol. The van der Waals surface area contributed by atoms with E-state index in [-0.39, 0.29) is 18.1 Å². The van der Waals surface area contributed by atoms with Crippen molar-refractivity contribution in [1.29, 1.82) is 0 Å². The number of furan rings is 1. The highest BCUT2D eigenvalue weighted by atomic mass is 16.3. The van der Waals surface area contributed by atoms with Gasteiger partial charge in [-0.3, -0.25) is 9.59 Å². The maximum atomic E-state index is 13.1. The van der Waals surface area contributed by atoms with Crippen LogP contribution in [-0.4, -0.2) is 66.7 Å². The number of aryl methyl sites for hydroxylation is 1. The standard InChI is InChI=1S/C25H30N4O3/c1-17-5-7-20-21(25(18(2)30)32-22(20)13-17)14-24(31)29-11-9-28(10-12-29)23-8-6-19(15-26-23)16-27(3)4/h5-8,13,15H,9-12,14,16H2,1-4H3. The first-order valence-electron chi connectivity index (χ1n) is 11.0. The predicted octanol–water partition coefficient (Wildman–Crippen LogP) is 3.29. The molecule has 0 saturated carbocycles. The van der Waals surface area contributed by atoms with Crippen molar-refractivity contribution in [3.63, 3.8) is 0 Å². The Bertz CT molecular complexity index is 1130. The normalized spacial score (nSPS) is 14.4. The van der Waals surface area contributed by atoms with Gasteiger partial charge in [0.2, 0.25) is 5.91 Å². The average molecular weight is 435 g/mol. The lowest BCUT2D eigenvalue weighted by Crippen LogP contribution is -2.49. The van der Waals surface area contributed by atoms with E-state index in [9.17, 15) is 9.59 Å². The number of anilines is 1. The van der Waals surface area contributed by atoms with Gasteiger partial charge in [0.15, 0.2) is 11.5 Å². The number of carbonyl (C=O) groups is 2. The van der Waals surface area contributed by atoms with Gasteiger partial charge in [0.25, 0.3) is 0 Å². The van der Waals surface area contributed by atoms with Crippen LogP contribution in [0.3, 0.4) is 0 Å². The summed E-state index contributed by atoms with van der Waals surface area (Å²) in [5, 5.41) is 0.842. The van der Waals surface area contributed by atoms with Crippen LogP contribution < -0.4 is 4.90 Å². The molecule has 7 heteroatoms. The first-order chi connectivity index (χ1) is 15.3. The van der Waals surface area contributed by atoms with Crippen LogP contribution in [0.2, 0.25) is 0 Å². The number of hydrogen-bond donors (Lipinski definition) is 0. The van der Waals surface area contributed by atoms with Crippen molar-refractivity contribution in [3.05, 3.63) is 59.0 Å². The van der Waals surface area contributed by atoms with Gasteiger partial charge in [-0.15, -0.1) is 0 Å². The number of Topliss-reactive ketones (excluding diaryl/α,β-unsaturated/α-hetero) is 1. The SMILES string of the molecule is CC(=O)c1oc2cc(C)ccc2c1CC(=O)N1CCN(c2ccc(CN(C)C)cn2)CC1. The van der Waals surface area contributed by atoms with Crippen molar-refractivity contribution in [2.45, 2.75) is 26.8 Å². The number of ketones is 1. The molecule has 2 aromatic heterocycles. The van der Waals surface area contributed by atoms with E-state index < -0.39 is 0 Å². The fourth-order valence-corrected chi connectivity index (χ4v) is 4.23. The summed E-state index contributed by atoms with van der Waals surface area (Å²) in [5.74, 6) is 1.09. The van der Waals surface area contributed by atoms with E-state index in [1.54, 1.807) is 0 Å². The summed E-state index contributed by atoms with van der Waals surface area (Å²) in [6, 6.07) is 9.98. The number of rotatable bonds is 6. The lowest BCUT2D eigenvalue weighted by atomic mass is 10.0. The predicted molar refractivity (Wildman–Crippen MR) is 125 cm³/mol. The van der Waals surface area contributed by atoms with E-state index in [1.807, 2.05) is 50.3 Å². The zero-order valence-corrected chi connectivity index (χ0v) is 19.2. The minimum atomic E-state index is -0.157. The Balaban J connectivity index is 1.42. The summed E-state index contributed by atoms with van der Waals surface area (Å²) in [7, 11) is 4.08. The van der Waals surface area contributed by atoms with Crippen LogP contribution >= 0.6 is 0 Å². The smallest absolute Gasteiger partial charge is 0.227 e. The van der Waals surface area contributed by atoms with Crippen LogP contribution in [0.25, 0.3) is 11.0 Å². The number of fused-ring (bicyclic) bond motifs is 1. The van der Waals surface area contributed by atoms with E-state index in [0.29, 0.717) is 30.0 Å². The fraction of sp³-hybridized carbons (Fsp3) is 0.400. The highest BCUT2D eigenvalue weighted by Crippen LogP contribution is 2.28. The summed E-state index contributed by atoms with van der Waals surface area (Å²) in [4.78, 5) is 36.0. The van der Waals surface area contributed by atoms with Crippen molar-refractivity contribution >= 4 is 28.5 Å². The molecule has 1 aromatic carbocycles. The molecule has 0 bridgehead atoms. The first kappa shape index (κ1) is 22.0. The van der Waals surface area contributed by atoms with Crippen molar-refractivity contribution < 1.29 is 14.0 Å². The van der Waals surface area contributed by atoms with Gasteiger partial charge in [-0.1, -0.05) is 18.2 Å². The second-order valence-electron chi connectivity index (χ2n) is 8.77. The van der Waals surface area contributed by atoms with Crippen molar-refractivity contribution in [1.82, 2.24) is 14.8 Å². The number of hydrogen-bond acceptors (Lipinski definition) is 6. The largest absolute Gasteiger partial charge is 0.453 e. The Labute approximate surface area is 188 Å². The summed E-state index contributed by atoms with van der Waals surface area (Å²) < 4.78 is 5.80. The van der Waals surface area contributed by atoms with E-state index >= 15 is 0 Å². The number of aromatic nitrogens is 1. The van der Waals surface area contributed by atoms with Crippen LogP contribution in [0.15, 0.2) is 40.9 Å². The second-order valence-corrected chi connectivity index (χ2v) is 8.77. The van der Waals surface area contributed by atoms with Crippen LogP contribution in [0.1, 0.15) is 34.2 Å². The third-order valence-electron chi connectivity index (χ3n) is 5.86. The highest BCUT2D eigenvalue weighted by molar-refractivity contribution is 6.01. The molecule has 0 atom stereocenters. The lowest BCUT2D eigenvalue weighted by Gasteiger charge is -2.35. The Morgan fingerprint density at radius 3 is 2.47 bits per heavy atom. The molecule has 1 aliphatic heterocycles. The van der Waals surface area contributed by atoms with Gasteiger partial charge in [-0.2, -0.15) is 0 Å². The Morgan fingerprint density at radius 1 is 1.09 bits per heavy atom. The minimum Gasteiger partial charge on any atom is -0.453 e. The van der Waals surface area contributed by atoms with E-state index in [4.69, 9.17) is 4.42 Å². The van der Waals surface area contributed by atoms with Crippen molar-refractivity contribution in [2.75, 3.05) is 45.2 Å². The van der Waals surface area contributed by atoms with Crippen molar-refractivity contribution in [3.8, 4) is 0 Å². The van der Waals surface area contributed by atoms with Gasteiger partial charge in [0.1, 0.15) is 11.4 Å². The molecule has 1 amide bonds. The maximum Gasteiger partial charge on any atom is 0.227 e. The van der Waals surface area contributed by atoms with E-state index in [1.165, 1.54) is 12.5 Å². The molecule has 0 unspecified atom stereocenters. The topological polar surface area (TPSA) is 69.9 Å². The van der Waals surface area contributed by atoms with Gasteiger partial charge in [-0.05, 0) is 44.3 Å². The first-order valence-corrected chi connectivity index (χ1v) is 11.0. The van der Waals surface area contributed by atoms with Gasteiger partial charge in [0.05, 0.1) is 6.42 Å². The molecular formula is C25H30N4O3. The highest BCUT2D eigenvalue weighted by Gasteiger charge is 2.26. The number of carbonyl (C=O) groups excluding carboxylic acids is 2. The van der Waals surface area contributed by atoms with Gasteiger partial charge in [-0.25, -0.2) is 4.98 Å². The van der Waals surface area contributed by atoms with Crippen LogP contribution in [-0.2, 0) is 17.8 Å². The van der Waals surface area contributed by atoms with Gasteiger partial charge < -0.3 is 19.1 Å². The Morgan fingerprint density at radius 2 is 1.84 bits per heavy atom. The average Bonchev–Trinajstić information content (AvgIpc) is 3.11. The van der Waals surface area contributed by atoms with Gasteiger partial charge in [0, 0.05) is 56.8 Å². The number of nitrogens with zero attached hydrogens (tertiary/aromatic N) is 4. The molecule has 1 saturated heterocycles. The molecule has 0 N–H and O–H groups in total. The minimum absolute atomic E-state index is 0.0183. The summed E-state index contributed by atoms with van der Waals surface area (Å²) in [6.45, 7) is 7.04. The molecule has 0 radical (unpaired) electrons. The number of pyridine rings is 1. The van der Waals surface area contributed by atoms with Crippen molar-refractivity contribution in [2.24, 2.45) is 0 Å². The number of amides is 1. The summed E-state index contributed by atoms with van der Waals surface area (Å²) >= 11 is 0. The molecule has 0 aliphatic carbocycles. The van der Waals surface area contributed by atoms with Gasteiger partial charge >= 0.3 is 0 Å². The van der Waals surface area contributed by atoms with E-state index in [0.717, 1.165) is 36.4 Å². The summed E-state index contributed by atoms with van der Waals surface area (Å²) in [6.07, 6.45) is 2.09. The molecule has 4 rings (SSSR count). The fourth-order valence-electron chi connectivity index (χ4n) is 4.23. The molecule has 7 nitrogen and oxygen atoms in total. The third kappa shape index (κ3) is 4.67. The molecule has 1 fully saturated rings. The van der Waals surface area contributed by atoms with E-state index in [2.05, 4.69) is 26.9 Å². The second kappa shape index (κ2) is 9.12. The van der Waals surface area contributed by atoms with Crippen LogP contribution in [0.5, 0.6) is 0 Å². The lowest BCUT2D eigenvalue weighted by molar-refractivity contribution is -0.130. The maximum absolute atomic E-state index is 13.1. The van der Waals surface area contributed by atoms with Crippen LogP contribution in [0.4, 0.5) is 5.82 Å². The Hall–Kier alpha value is -3.19. The molecule has 0 spiro atoms. The zero-order chi connectivity index (χ0) is 22.8. The Kier molecular flexibility index (Phi) is 6.28. The monoisotopic (exact) mass is 434 g/mol.